The lowest BCUT2D eigenvalue weighted by molar-refractivity contribution is 0.0985. The van der Waals surface area contributed by atoms with Gasteiger partial charge in [0.25, 0.3) is 11.8 Å². The van der Waals surface area contributed by atoms with Gasteiger partial charge in [0.1, 0.15) is 0 Å². The van der Waals surface area contributed by atoms with Crippen LogP contribution in [0.1, 0.15) is 32.2 Å². The second kappa shape index (κ2) is 7.00. The van der Waals surface area contributed by atoms with Crippen LogP contribution in [0.5, 0.6) is 0 Å². The molecule has 0 saturated carbocycles. The Morgan fingerprint density at radius 2 is 1.56 bits per heavy atom. The summed E-state index contributed by atoms with van der Waals surface area (Å²) in [6, 6.07) is 15.8. The van der Waals surface area contributed by atoms with Crippen LogP contribution in [0, 0.1) is 13.8 Å². The van der Waals surface area contributed by atoms with Gasteiger partial charge in [-0.3, -0.25) is 9.59 Å². The third-order valence-electron chi connectivity index (χ3n) is 3.51. The Bertz CT molecular complexity index is 931. The molecule has 2 N–H and O–H groups in total. The molecule has 3 rings (SSSR count). The molecule has 0 saturated heterocycles. The van der Waals surface area contributed by atoms with E-state index in [0.717, 1.165) is 11.3 Å². The van der Waals surface area contributed by atoms with E-state index in [2.05, 4.69) is 15.8 Å². The number of carbonyl (C=O) groups is 2. The molecule has 1 heterocycles. The standard InChI is InChI=1S/C19H17N3O3/c1-12-5-3-7-15(9-12)20-18(23)14-6-4-8-16(11-14)21-19(24)17-10-13(2)22-25-17/h3-11H,1-2H3,(H,20,23)(H,21,24). The number of nitrogens with one attached hydrogen (secondary N) is 2. The molecular formula is C19H17N3O3. The molecule has 2 amide bonds. The minimum absolute atomic E-state index is 0.118. The van der Waals surface area contributed by atoms with Crippen LogP contribution in [0.2, 0.25) is 0 Å². The number of aromatic nitrogens is 1. The molecule has 0 aliphatic heterocycles. The molecule has 0 radical (unpaired) electrons. The Morgan fingerprint density at radius 1 is 0.880 bits per heavy atom. The van der Waals surface area contributed by atoms with Crippen LogP contribution in [0.25, 0.3) is 0 Å². The van der Waals surface area contributed by atoms with Gasteiger partial charge in [-0.25, -0.2) is 0 Å². The zero-order valence-electron chi connectivity index (χ0n) is 13.9. The Balaban J connectivity index is 1.72. The average Bonchev–Trinajstić information content (AvgIpc) is 3.02. The van der Waals surface area contributed by atoms with Crippen molar-refractivity contribution < 1.29 is 14.1 Å². The SMILES string of the molecule is Cc1cccc(NC(=O)c2cccc(NC(=O)c3cc(C)no3)c2)c1. The first-order chi connectivity index (χ1) is 12.0. The van der Waals surface area contributed by atoms with Crippen molar-refractivity contribution in [3.63, 3.8) is 0 Å². The Morgan fingerprint density at radius 3 is 2.24 bits per heavy atom. The van der Waals surface area contributed by atoms with E-state index in [1.54, 1.807) is 37.3 Å². The van der Waals surface area contributed by atoms with Crippen LogP contribution < -0.4 is 10.6 Å². The van der Waals surface area contributed by atoms with Crippen molar-refractivity contribution >= 4 is 23.2 Å². The third-order valence-corrected chi connectivity index (χ3v) is 3.51. The second-order valence-corrected chi connectivity index (χ2v) is 5.69. The fourth-order valence-corrected chi connectivity index (χ4v) is 2.33. The van der Waals surface area contributed by atoms with Gasteiger partial charge < -0.3 is 15.2 Å². The molecule has 0 aliphatic carbocycles. The first-order valence-corrected chi connectivity index (χ1v) is 7.74. The zero-order chi connectivity index (χ0) is 17.8. The van der Waals surface area contributed by atoms with Crippen LogP contribution in [0.4, 0.5) is 11.4 Å². The van der Waals surface area contributed by atoms with Crippen LogP contribution in [0.15, 0.2) is 59.1 Å². The largest absolute Gasteiger partial charge is 0.351 e. The van der Waals surface area contributed by atoms with Gasteiger partial charge in [-0.15, -0.1) is 0 Å². The van der Waals surface area contributed by atoms with Gasteiger partial charge in [-0.1, -0.05) is 23.4 Å². The maximum atomic E-state index is 12.4. The fourth-order valence-electron chi connectivity index (χ4n) is 2.33. The van der Waals surface area contributed by atoms with Crippen molar-refractivity contribution in [2.24, 2.45) is 0 Å². The first kappa shape index (κ1) is 16.4. The summed E-state index contributed by atoms with van der Waals surface area (Å²) in [6.07, 6.45) is 0. The average molecular weight is 335 g/mol. The number of hydrogen-bond donors (Lipinski definition) is 2. The molecule has 6 nitrogen and oxygen atoms in total. The number of amides is 2. The molecule has 6 heteroatoms. The molecule has 1 aromatic heterocycles. The molecular weight excluding hydrogens is 318 g/mol. The number of nitrogens with zero attached hydrogens (tertiary/aromatic N) is 1. The summed E-state index contributed by atoms with van der Waals surface area (Å²) in [5.74, 6) is -0.554. The highest BCUT2D eigenvalue weighted by atomic mass is 16.5. The molecule has 0 spiro atoms. The molecule has 0 bridgehead atoms. The highest BCUT2D eigenvalue weighted by Crippen LogP contribution is 2.16. The molecule has 3 aromatic rings. The minimum atomic E-state index is -0.420. The lowest BCUT2D eigenvalue weighted by Gasteiger charge is -2.08. The Hall–Kier alpha value is -3.41. The quantitative estimate of drug-likeness (QED) is 0.759. The van der Waals surface area contributed by atoms with Gasteiger partial charge in [0.05, 0.1) is 5.69 Å². The topological polar surface area (TPSA) is 84.2 Å². The van der Waals surface area contributed by atoms with Gasteiger partial charge in [0, 0.05) is 23.0 Å². The van der Waals surface area contributed by atoms with Crippen molar-refractivity contribution in [1.29, 1.82) is 0 Å². The van der Waals surface area contributed by atoms with E-state index in [9.17, 15) is 9.59 Å². The maximum Gasteiger partial charge on any atom is 0.294 e. The number of hydrogen-bond acceptors (Lipinski definition) is 4. The molecule has 0 atom stereocenters. The molecule has 0 aliphatic rings. The highest BCUT2D eigenvalue weighted by Gasteiger charge is 2.13. The van der Waals surface area contributed by atoms with Gasteiger partial charge >= 0.3 is 0 Å². The van der Waals surface area contributed by atoms with Gasteiger partial charge in [-0.05, 0) is 49.7 Å². The van der Waals surface area contributed by atoms with Gasteiger partial charge in [-0.2, -0.15) is 0 Å². The summed E-state index contributed by atoms with van der Waals surface area (Å²) >= 11 is 0. The van der Waals surface area contributed by atoms with E-state index in [1.165, 1.54) is 0 Å². The molecule has 0 fully saturated rings. The molecule has 2 aromatic carbocycles. The lowest BCUT2D eigenvalue weighted by Crippen LogP contribution is -2.14. The summed E-state index contributed by atoms with van der Waals surface area (Å²) in [6.45, 7) is 3.69. The van der Waals surface area contributed by atoms with E-state index in [-0.39, 0.29) is 11.7 Å². The van der Waals surface area contributed by atoms with Crippen molar-refractivity contribution in [3.05, 3.63) is 77.2 Å². The van der Waals surface area contributed by atoms with Crippen LogP contribution in [-0.2, 0) is 0 Å². The van der Waals surface area contributed by atoms with Gasteiger partial charge in [0.15, 0.2) is 0 Å². The maximum absolute atomic E-state index is 12.4. The van der Waals surface area contributed by atoms with E-state index >= 15 is 0 Å². The number of benzene rings is 2. The lowest BCUT2D eigenvalue weighted by atomic mass is 10.1. The number of carbonyl (C=O) groups excluding carboxylic acids is 2. The normalized spacial score (nSPS) is 10.3. The van der Waals surface area contributed by atoms with Crippen molar-refractivity contribution in [2.45, 2.75) is 13.8 Å². The molecule has 0 unspecified atom stereocenters. The Kier molecular flexibility index (Phi) is 4.61. The van der Waals surface area contributed by atoms with Crippen molar-refractivity contribution in [2.75, 3.05) is 10.6 Å². The minimum Gasteiger partial charge on any atom is -0.351 e. The predicted octanol–water partition coefficient (Wildman–Crippen LogP) is 3.80. The van der Waals surface area contributed by atoms with Crippen LogP contribution in [0.3, 0.4) is 0 Å². The van der Waals surface area contributed by atoms with Crippen molar-refractivity contribution in [1.82, 2.24) is 5.16 Å². The van der Waals surface area contributed by atoms with Gasteiger partial charge in [0.2, 0.25) is 5.76 Å². The van der Waals surface area contributed by atoms with E-state index < -0.39 is 5.91 Å². The number of rotatable bonds is 4. The van der Waals surface area contributed by atoms with E-state index in [0.29, 0.717) is 16.9 Å². The molecule has 126 valence electrons. The molecule has 25 heavy (non-hydrogen) atoms. The van der Waals surface area contributed by atoms with Crippen LogP contribution >= 0.6 is 0 Å². The highest BCUT2D eigenvalue weighted by molar-refractivity contribution is 6.06. The summed E-state index contributed by atoms with van der Waals surface area (Å²) < 4.78 is 4.92. The summed E-state index contributed by atoms with van der Waals surface area (Å²) in [5, 5.41) is 9.20. The number of anilines is 2. The first-order valence-electron chi connectivity index (χ1n) is 7.74. The van der Waals surface area contributed by atoms with Crippen LogP contribution in [-0.4, -0.2) is 17.0 Å². The summed E-state index contributed by atoms with van der Waals surface area (Å²) in [4.78, 5) is 24.5. The number of aryl methyl sites for hydroxylation is 2. The zero-order valence-corrected chi connectivity index (χ0v) is 13.9. The second-order valence-electron chi connectivity index (χ2n) is 5.69. The fraction of sp³-hybridized carbons (Fsp3) is 0.105. The van der Waals surface area contributed by atoms with E-state index in [4.69, 9.17) is 4.52 Å². The smallest absolute Gasteiger partial charge is 0.294 e. The summed E-state index contributed by atoms with van der Waals surface area (Å²) in [7, 11) is 0. The monoisotopic (exact) mass is 335 g/mol. The van der Waals surface area contributed by atoms with Crippen molar-refractivity contribution in [3.8, 4) is 0 Å². The third kappa shape index (κ3) is 4.11. The summed E-state index contributed by atoms with van der Waals surface area (Å²) in [5.41, 5.74) is 3.33. The van der Waals surface area contributed by atoms with E-state index in [1.807, 2.05) is 31.2 Å². The predicted molar refractivity (Wildman–Crippen MR) is 94.8 cm³/mol. The Labute approximate surface area is 144 Å².